The molecular weight excluding hydrogens is 320 g/mol. The maximum atomic E-state index is 13.0. The first-order chi connectivity index (χ1) is 11.6. The Balaban J connectivity index is 1.46. The second kappa shape index (κ2) is 6.24. The van der Waals surface area contributed by atoms with Crippen LogP contribution in [0.4, 0.5) is 0 Å². The summed E-state index contributed by atoms with van der Waals surface area (Å²) in [5, 5.41) is 8.26. The van der Waals surface area contributed by atoms with Gasteiger partial charge in [0.05, 0.1) is 5.25 Å². The number of rotatable bonds is 2. The Kier molecular flexibility index (Phi) is 4.08. The van der Waals surface area contributed by atoms with Gasteiger partial charge in [0.2, 0.25) is 5.91 Å². The second-order valence-corrected chi connectivity index (χ2v) is 8.09. The molecule has 1 fully saturated rings. The van der Waals surface area contributed by atoms with Crippen molar-refractivity contribution in [2.24, 2.45) is 7.05 Å². The fourth-order valence-electron chi connectivity index (χ4n) is 3.73. The number of thioether (sulfide) groups is 1. The molecule has 0 spiro atoms. The average molecular weight is 342 g/mol. The fraction of sp³-hybridized carbons (Fsp3) is 0.500. The molecule has 1 aromatic heterocycles. The van der Waals surface area contributed by atoms with Crippen molar-refractivity contribution in [3.63, 3.8) is 0 Å². The molecule has 5 nitrogen and oxygen atoms in total. The van der Waals surface area contributed by atoms with Crippen LogP contribution in [0.3, 0.4) is 0 Å². The van der Waals surface area contributed by atoms with Crippen molar-refractivity contribution in [1.82, 2.24) is 19.7 Å². The van der Waals surface area contributed by atoms with Crippen molar-refractivity contribution >= 4 is 17.7 Å². The highest BCUT2D eigenvalue weighted by molar-refractivity contribution is 8.01. The number of carbonyl (C=O) groups excluding carboxylic acids is 1. The SMILES string of the molecule is Cc1ccc2c(c1)S[C@H](C(=O)N1CCC[C@@H](c3nncn3C)C1)C2. The molecule has 2 atom stereocenters. The molecule has 24 heavy (non-hydrogen) atoms. The summed E-state index contributed by atoms with van der Waals surface area (Å²) in [5.74, 6) is 1.57. The van der Waals surface area contributed by atoms with Crippen LogP contribution < -0.4 is 0 Å². The van der Waals surface area contributed by atoms with Crippen LogP contribution in [0.2, 0.25) is 0 Å². The zero-order valence-corrected chi connectivity index (χ0v) is 14.9. The Morgan fingerprint density at radius 3 is 3.04 bits per heavy atom. The molecule has 0 saturated carbocycles. The summed E-state index contributed by atoms with van der Waals surface area (Å²) in [5.41, 5.74) is 2.57. The number of piperidine rings is 1. The lowest BCUT2D eigenvalue weighted by Gasteiger charge is -2.33. The van der Waals surface area contributed by atoms with Gasteiger partial charge in [-0.1, -0.05) is 17.7 Å². The van der Waals surface area contributed by atoms with E-state index in [2.05, 4.69) is 35.3 Å². The summed E-state index contributed by atoms with van der Waals surface area (Å²) in [6.07, 6.45) is 4.70. The van der Waals surface area contributed by atoms with Crippen LogP contribution in [0, 0.1) is 6.92 Å². The number of likely N-dealkylation sites (tertiary alicyclic amines) is 1. The van der Waals surface area contributed by atoms with E-state index in [0.29, 0.717) is 5.92 Å². The normalized spacial score (nSPS) is 23.3. The molecule has 1 saturated heterocycles. The fourth-order valence-corrected chi connectivity index (χ4v) is 5.10. The van der Waals surface area contributed by atoms with Crippen LogP contribution in [0.5, 0.6) is 0 Å². The number of amides is 1. The largest absolute Gasteiger partial charge is 0.341 e. The van der Waals surface area contributed by atoms with Crippen molar-refractivity contribution in [3.8, 4) is 0 Å². The van der Waals surface area contributed by atoms with Crippen LogP contribution in [0.15, 0.2) is 29.4 Å². The minimum atomic E-state index is 0.0278. The van der Waals surface area contributed by atoms with E-state index in [-0.39, 0.29) is 11.2 Å². The third-order valence-electron chi connectivity index (χ3n) is 5.02. The second-order valence-electron chi connectivity index (χ2n) is 6.85. The topological polar surface area (TPSA) is 51.0 Å². The summed E-state index contributed by atoms with van der Waals surface area (Å²) >= 11 is 1.73. The minimum Gasteiger partial charge on any atom is -0.341 e. The first-order valence-electron chi connectivity index (χ1n) is 8.50. The van der Waals surface area contributed by atoms with Crippen molar-refractivity contribution in [2.75, 3.05) is 13.1 Å². The van der Waals surface area contributed by atoms with Gasteiger partial charge in [-0.3, -0.25) is 4.79 Å². The van der Waals surface area contributed by atoms with E-state index < -0.39 is 0 Å². The maximum absolute atomic E-state index is 13.0. The Hall–Kier alpha value is -1.82. The molecule has 0 radical (unpaired) electrons. The van der Waals surface area contributed by atoms with Crippen LogP contribution >= 0.6 is 11.8 Å². The van der Waals surface area contributed by atoms with E-state index >= 15 is 0 Å². The molecule has 2 aliphatic rings. The average Bonchev–Trinajstić information content (AvgIpc) is 3.20. The van der Waals surface area contributed by atoms with Gasteiger partial charge in [0.25, 0.3) is 0 Å². The smallest absolute Gasteiger partial charge is 0.236 e. The molecule has 126 valence electrons. The van der Waals surface area contributed by atoms with E-state index in [9.17, 15) is 4.79 Å². The molecule has 1 amide bonds. The molecule has 2 aliphatic heterocycles. The third-order valence-corrected chi connectivity index (χ3v) is 6.30. The van der Waals surface area contributed by atoms with Gasteiger partial charge < -0.3 is 9.47 Å². The number of aromatic nitrogens is 3. The Morgan fingerprint density at radius 2 is 2.25 bits per heavy atom. The first kappa shape index (κ1) is 15.7. The summed E-state index contributed by atoms with van der Waals surface area (Å²) in [4.78, 5) is 16.3. The van der Waals surface area contributed by atoms with Gasteiger partial charge in [0.1, 0.15) is 12.2 Å². The zero-order valence-electron chi connectivity index (χ0n) is 14.1. The van der Waals surface area contributed by atoms with Crippen molar-refractivity contribution in [2.45, 2.75) is 42.2 Å². The van der Waals surface area contributed by atoms with Crippen molar-refractivity contribution in [3.05, 3.63) is 41.5 Å². The number of fused-ring (bicyclic) bond motifs is 1. The molecule has 0 unspecified atom stereocenters. The number of carbonyl (C=O) groups is 1. The lowest BCUT2D eigenvalue weighted by molar-refractivity contribution is -0.131. The predicted octanol–water partition coefficient (Wildman–Crippen LogP) is 2.55. The highest BCUT2D eigenvalue weighted by Gasteiger charge is 2.34. The first-order valence-corrected chi connectivity index (χ1v) is 9.38. The predicted molar refractivity (Wildman–Crippen MR) is 94.1 cm³/mol. The van der Waals surface area contributed by atoms with Gasteiger partial charge >= 0.3 is 0 Å². The van der Waals surface area contributed by atoms with Crippen LogP contribution in [0.25, 0.3) is 0 Å². The van der Waals surface area contributed by atoms with Gasteiger partial charge in [-0.2, -0.15) is 0 Å². The van der Waals surface area contributed by atoms with E-state index in [1.165, 1.54) is 16.0 Å². The molecule has 2 aromatic rings. The summed E-state index contributed by atoms with van der Waals surface area (Å²) in [6.45, 7) is 3.73. The summed E-state index contributed by atoms with van der Waals surface area (Å²) in [7, 11) is 1.97. The Bertz CT molecular complexity index is 772. The van der Waals surface area contributed by atoms with Crippen LogP contribution in [0.1, 0.15) is 35.7 Å². The van der Waals surface area contributed by atoms with Gasteiger partial charge in [0.15, 0.2) is 0 Å². The van der Waals surface area contributed by atoms with Gasteiger partial charge in [-0.15, -0.1) is 22.0 Å². The van der Waals surface area contributed by atoms with Crippen LogP contribution in [-0.4, -0.2) is 43.9 Å². The number of benzene rings is 1. The molecule has 0 aliphatic carbocycles. The molecule has 4 rings (SSSR count). The Morgan fingerprint density at radius 1 is 1.38 bits per heavy atom. The van der Waals surface area contributed by atoms with E-state index in [0.717, 1.165) is 38.2 Å². The molecule has 1 aromatic carbocycles. The maximum Gasteiger partial charge on any atom is 0.236 e. The Labute approximate surface area is 146 Å². The quantitative estimate of drug-likeness (QED) is 0.842. The highest BCUT2D eigenvalue weighted by Crippen LogP contribution is 2.39. The highest BCUT2D eigenvalue weighted by atomic mass is 32.2. The van der Waals surface area contributed by atoms with E-state index in [1.807, 2.05) is 16.5 Å². The molecular formula is C18H22N4OS. The minimum absolute atomic E-state index is 0.0278. The van der Waals surface area contributed by atoms with Crippen LogP contribution in [-0.2, 0) is 18.3 Å². The molecule has 6 heteroatoms. The van der Waals surface area contributed by atoms with Crippen molar-refractivity contribution < 1.29 is 4.79 Å². The van der Waals surface area contributed by atoms with E-state index in [1.54, 1.807) is 18.1 Å². The molecule has 3 heterocycles. The number of hydrogen-bond acceptors (Lipinski definition) is 4. The lowest BCUT2D eigenvalue weighted by atomic mass is 9.96. The summed E-state index contributed by atoms with van der Waals surface area (Å²) < 4.78 is 1.97. The van der Waals surface area contributed by atoms with Crippen molar-refractivity contribution in [1.29, 1.82) is 0 Å². The standard InChI is InChI=1S/C18H22N4OS/c1-12-5-6-13-9-16(24-15(13)8-12)18(23)22-7-3-4-14(10-22)17-20-19-11-21(17)2/h5-6,8,11,14,16H,3-4,7,9-10H2,1-2H3/t14-,16+/m1/s1. The summed E-state index contributed by atoms with van der Waals surface area (Å²) in [6, 6.07) is 6.51. The zero-order chi connectivity index (χ0) is 16.7. The molecule has 0 N–H and O–H groups in total. The monoisotopic (exact) mass is 342 g/mol. The van der Waals surface area contributed by atoms with Gasteiger partial charge in [-0.25, -0.2) is 0 Å². The number of aryl methyl sites for hydroxylation is 2. The van der Waals surface area contributed by atoms with Gasteiger partial charge in [0, 0.05) is 31.0 Å². The lowest BCUT2D eigenvalue weighted by Crippen LogP contribution is -2.43. The molecule has 0 bridgehead atoms. The number of hydrogen-bond donors (Lipinski definition) is 0. The number of nitrogens with zero attached hydrogens (tertiary/aromatic N) is 4. The van der Waals surface area contributed by atoms with E-state index in [4.69, 9.17) is 0 Å². The third kappa shape index (κ3) is 2.83. The van der Waals surface area contributed by atoms with Gasteiger partial charge in [-0.05, 0) is 37.8 Å².